The SMILES string of the molecule is OC([PH3+])CCC(O)(O)O.[Cl-]. The Balaban J connectivity index is 0. The Kier molecular flexibility index (Phi) is 6.90. The van der Waals surface area contributed by atoms with Crippen molar-refractivity contribution in [3.8, 4) is 0 Å². The maximum Gasteiger partial charge on any atom is 0.275 e. The van der Waals surface area contributed by atoms with Gasteiger partial charge in [0.1, 0.15) is 0 Å². The summed E-state index contributed by atoms with van der Waals surface area (Å²) in [6.45, 7) is 0. The minimum atomic E-state index is -2.62. The van der Waals surface area contributed by atoms with Crippen molar-refractivity contribution in [3.63, 3.8) is 0 Å². The molecule has 6 heteroatoms. The van der Waals surface area contributed by atoms with Crippen molar-refractivity contribution in [3.05, 3.63) is 0 Å². The molecule has 0 spiro atoms. The highest BCUT2D eigenvalue weighted by atomic mass is 35.5. The first-order valence-electron chi connectivity index (χ1n) is 2.60. The zero-order chi connectivity index (χ0) is 7.49. The van der Waals surface area contributed by atoms with Gasteiger partial charge in [0.25, 0.3) is 5.97 Å². The van der Waals surface area contributed by atoms with Gasteiger partial charge in [-0.1, -0.05) is 0 Å². The van der Waals surface area contributed by atoms with Crippen LogP contribution < -0.4 is 12.4 Å². The van der Waals surface area contributed by atoms with Gasteiger partial charge >= 0.3 is 0 Å². The predicted octanol–water partition coefficient (Wildman–Crippen LogP) is -4.67. The third kappa shape index (κ3) is 11.4. The molecular formula is C4H12ClO4P. The lowest BCUT2D eigenvalue weighted by Crippen LogP contribution is -3.00. The van der Waals surface area contributed by atoms with Crippen LogP contribution >= 0.6 is 9.24 Å². The molecule has 4 nitrogen and oxygen atoms in total. The van der Waals surface area contributed by atoms with Crippen LogP contribution in [0.3, 0.4) is 0 Å². The molecule has 0 aromatic carbocycles. The van der Waals surface area contributed by atoms with Gasteiger partial charge in [-0.25, -0.2) is 0 Å². The molecule has 64 valence electrons. The zero-order valence-electron chi connectivity index (χ0n) is 5.37. The molecular weight excluding hydrogens is 178 g/mol. The van der Waals surface area contributed by atoms with E-state index in [0.717, 1.165) is 0 Å². The van der Waals surface area contributed by atoms with Crippen LogP contribution in [0.1, 0.15) is 12.8 Å². The van der Waals surface area contributed by atoms with Crippen LogP contribution in [0.5, 0.6) is 0 Å². The van der Waals surface area contributed by atoms with Crippen LogP contribution in [0.15, 0.2) is 0 Å². The third-order valence-electron chi connectivity index (χ3n) is 0.813. The van der Waals surface area contributed by atoms with Crippen molar-refractivity contribution in [2.24, 2.45) is 0 Å². The van der Waals surface area contributed by atoms with E-state index in [9.17, 15) is 0 Å². The predicted molar refractivity (Wildman–Crippen MR) is 35.7 cm³/mol. The number of aliphatic hydroxyl groups is 4. The van der Waals surface area contributed by atoms with Gasteiger partial charge in [-0.3, -0.25) is 0 Å². The molecule has 0 fully saturated rings. The second-order valence-corrected chi connectivity index (χ2v) is 2.91. The lowest BCUT2D eigenvalue weighted by Gasteiger charge is -2.12. The minimum Gasteiger partial charge on any atom is -1.00 e. The quantitative estimate of drug-likeness (QED) is 0.267. The summed E-state index contributed by atoms with van der Waals surface area (Å²) in [6, 6.07) is 0. The number of aliphatic hydroxyl groups excluding tert-OH is 1. The molecule has 0 rings (SSSR count). The molecule has 0 aliphatic rings. The van der Waals surface area contributed by atoms with E-state index in [1.807, 2.05) is 0 Å². The minimum absolute atomic E-state index is 0. The van der Waals surface area contributed by atoms with Crippen LogP contribution in [0.4, 0.5) is 0 Å². The molecule has 2 atom stereocenters. The summed E-state index contributed by atoms with van der Waals surface area (Å²) < 4.78 is 0. The monoisotopic (exact) mass is 190 g/mol. The van der Waals surface area contributed by atoms with E-state index >= 15 is 0 Å². The van der Waals surface area contributed by atoms with Crippen molar-refractivity contribution in [1.29, 1.82) is 0 Å². The smallest absolute Gasteiger partial charge is 0.275 e. The lowest BCUT2D eigenvalue weighted by molar-refractivity contribution is -0.315. The summed E-state index contributed by atoms with van der Waals surface area (Å²) in [6.07, 6.45) is -0.0421. The molecule has 0 aromatic heterocycles. The zero-order valence-corrected chi connectivity index (χ0v) is 7.54. The van der Waals surface area contributed by atoms with Gasteiger partial charge < -0.3 is 32.8 Å². The van der Waals surface area contributed by atoms with E-state index in [0.29, 0.717) is 0 Å². The van der Waals surface area contributed by atoms with E-state index in [4.69, 9.17) is 20.4 Å². The Morgan fingerprint density at radius 2 is 1.70 bits per heavy atom. The summed E-state index contributed by atoms with van der Waals surface area (Å²) in [5.41, 5.74) is 0. The fourth-order valence-electron chi connectivity index (χ4n) is 0.360. The van der Waals surface area contributed by atoms with E-state index in [2.05, 4.69) is 0 Å². The molecule has 10 heavy (non-hydrogen) atoms. The summed E-state index contributed by atoms with van der Waals surface area (Å²) in [4.78, 5) is 0. The fourth-order valence-corrected chi connectivity index (χ4v) is 0.564. The molecule has 0 saturated heterocycles. The second-order valence-electron chi connectivity index (χ2n) is 1.97. The molecule has 2 unspecified atom stereocenters. The Morgan fingerprint density at radius 1 is 1.30 bits per heavy atom. The maximum absolute atomic E-state index is 8.59. The standard InChI is InChI=1S/C4H11O4P.ClH/c5-3(9)1-2-4(6,7)8;/h3,5-8H,1-2,9H2;1H. The summed E-state index contributed by atoms with van der Waals surface area (Å²) in [5, 5.41) is 33.4. The van der Waals surface area contributed by atoms with Gasteiger partial charge in [0.2, 0.25) is 0 Å². The van der Waals surface area contributed by atoms with Crippen molar-refractivity contribution in [1.82, 2.24) is 0 Å². The molecule has 0 aromatic rings. The molecule has 0 aliphatic carbocycles. The van der Waals surface area contributed by atoms with Crippen LogP contribution in [0.25, 0.3) is 0 Å². The number of rotatable bonds is 3. The highest BCUT2D eigenvalue weighted by Gasteiger charge is 2.19. The average molecular weight is 191 g/mol. The fraction of sp³-hybridized carbons (Fsp3) is 1.00. The van der Waals surface area contributed by atoms with E-state index in [1.54, 1.807) is 0 Å². The Hall–Kier alpha value is 0.560. The van der Waals surface area contributed by atoms with Crippen molar-refractivity contribution in [2.45, 2.75) is 24.7 Å². The molecule has 0 aliphatic heterocycles. The van der Waals surface area contributed by atoms with Crippen LogP contribution in [-0.2, 0) is 0 Å². The van der Waals surface area contributed by atoms with Crippen LogP contribution in [0.2, 0.25) is 0 Å². The van der Waals surface area contributed by atoms with E-state index < -0.39 is 11.8 Å². The number of hydrogen-bond donors (Lipinski definition) is 4. The Bertz CT molecular complexity index is 81.8. The maximum atomic E-state index is 8.59. The second kappa shape index (κ2) is 5.24. The van der Waals surface area contributed by atoms with Gasteiger partial charge in [0.05, 0.1) is 0 Å². The highest BCUT2D eigenvalue weighted by Crippen LogP contribution is 2.10. The Morgan fingerprint density at radius 3 is 1.80 bits per heavy atom. The van der Waals surface area contributed by atoms with Gasteiger partial charge in [0, 0.05) is 22.1 Å². The first kappa shape index (κ1) is 13.2. The first-order chi connectivity index (χ1) is 3.92. The third-order valence-corrected chi connectivity index (χ3v) is 1.22. The molecule has 0 amide bonds. The van der Waals surface area contributed by atoms with Crippen molar-refractivity contribution >= 4 is 9.24 Å². The molecule has 0 radical (unpaired) electrons. The average Bonchev–Trinajstić information content (AvgIpc) is 1.59. The first-order valence-corrected chi connectivity index (χ1v) is 3.42. The van der Waals surface area contributed by atoms with Crippen LogP contribution in [-0.4, -0.2) is 32.2 Å². The highest BCUT2D eigenvalue weighted by molar-refractivity contribution is 7.17. The number of hydrogen-bond acceptors (Lipinski definition) is 4. The normalized spacial score (nSPS) is 14.4. The summed E-state index contributed by atoms with van der Waals surface area (Å²) >= 11 is 0. The summed E-state index contributed by atoms with van der Waals surface area (Å²) in [7, 11) is 1.32. The summed E-state index contributed by atoms with van der Waals surface area (Å²) in [5.74, 6) is -3.21. The number of halogens is 1. The van der Waals surface area contributed by atoms with Crippen molar-refractivity contribution < 1.29 is 32.8 Å². The van der Waals surface area contributed by atoms with Gasteiger partial charge in [0.15, 0.2) is 5.85 Å². The molecule has 4 N–H and O–H groups in total. The van der Waals surface area contributed by atoms with Gasteiger partial charge in [-0.15, -0.1) is 0 Å². The van der Waals surface area contributed by atoms with Crippen LogP contribution in [0, 0.1) is 0 Å². The largest absolute Gasteiger partial charge is 1.00 e. The molecule has 0 saturated carbocycles. The Labute approximate surface area is 67.5 Å². The van der Waals surface area contributed by atoms with Gasteiger partial charge in [-0.2, -0.15) is 0 Å². The van der Waals surface area contributed by atoms with Crippen molar-refractivity contribution in [2.75, 3.05) is 0 Å². The molecule has 0 bridgehead atoms. The topological polar surface area (TPSA) is 80.9 Å². The van der Waals surface area contributed by atoms with E-state index in [1.165, 1.54) is 9.24 Å². The molecule has 0 heterocycles. The van der Waals surface area contributed by atoms with E-state index in [-0.39, 0.29) is 25.2 Å². The lowest BCUT2D eigenvalue weighted by atomic mass is 10.3. The van der Waals surface area contributed by atoms with Gasteiger partial charge in [-0.05, 0) is 0 Å².